The summed E-state index contributed by atoms with van der Waals surface area (Å²) in [6.07, 6.45) is -6.39. The summed E-state index contributed by atoms with van der Waals surface area (Å²) in [5.41, 5.74) is 0.648. The number of benzene rings is 1. The average Bonchev–Trinajstić information content (AvgIpc) is 2.36. The quantitative estimate of drug-likeness (QED) is 0.644. The number of nitro benzene ring substituents is 1. The molecule has 0 amide bonds. The number of nitrogens with one attached hydrogen (secondary N) is 1. The highest BCUT2D eigenvalue weighted by molar-refractivity contribution is 5.55. The van der Waals surface area contributed by atoms with E-state index in [2.05, 4.69) is 5.32 Å². The maximum absolute atomic E-state index is 12.4. The molecule has 0 aromatic heterocycles. The van der Waals surface area contributed by atoms with Gasteiger partial charge in [-0.3, -0.25) is 10.1 Å². The zero-order valence-electron chi connectivity index (χ0n) is 11.0. The van der Waals surface area contributed by atoms with Gasteiger partial charge in [0.05, 0.1) is 11.5 Å². The van der Waals surface area contributed by atoms with Crippen molar-refractivity contribution < 1.29 is 22.8 Å². The highest BCUT2D eigenvalue weighted by atomic mass is 19.4. The van der Waals surface area contributed by atoms with Crippen molar-refractivity contribution in [2.45, 2.75) is 32.7 Å². The number of anilines is 1. The molecular formula is C12H15F3N2O3. The summed E-state index contributed by atoms with van der Waals surface area (Å²) >= 11 is 0. The molecule has 20 heavy (non-hydrogen) atoms. The summed E-state index contributed by atoms with van der Waals surface area (Å²) in [5, 5.41) is 13.6. The van der Waals surface area contributed by atoms with Crippen molar-refractivity contribution >= 4 is 11.4 Å². The number of alkyl halides is 3. The van der Waals surface area contributed by atoms with Gasteiger partial charge in [0, 0.05) is 29.9 Å². The second kappa shape index (κ2) is 6.56. The van der Waals surface area contributed by atoms with Crippen LogP contribution in [0.3, 0.4) is 0 Å². The van der Waals surface area contributed by atoms with Crippen molar-refractivity contribution in [2.75, 3.05) is 11.9 Å². The van der Waals surface area contributed by atoms with Gasteiger partial charge in [-0.1, -0.05) is 0 Å². The van der Waals surface area contributed by atoms with Gasteiger partial charge in [0.25, 0.3) is 5.69 Å². The van der Waals surface area contributed by atoms with E-state index in [4.69, 9.17) is 4.74 Å². The summed E-state index contributed by atoms with van der Waals surface area (Å²) in [6, 6.07) is 3.95. The molecule has 1 rings (SSSR count). The standard InChI is InChI=1S/C12H15F3N2O3/c1-3-16-11-5-4-10(17(18)19)6-9(11)7-20-8(2)12(13,14)15/h4-6,8,16H,3,7H2,1-2H3. The first-order valence-corrected chi connectivity index (χ1v) is 5.95. The zero-order chi connectivity index (χ0) is 15.3. The van der Waals surface area contributed by atoms with E-state index in [1.165, 1.54) is 18.2 Å². The predicted octanol–water partition coefficient (Wildman–Crippen LogP) is 3.49. The lowest BCUT2D eigenvalue weighted by Gasteiger charge is -2.17. The zero-order valence-corrected chi connectivity index (χ0v) is 11.0. The summed E-state index contributed by atoms with van der Waals surface area (Å²) in [7, 11) is 0. The number of rotatable bonds is 6. The van der Waals surface area contributed by atoms with Gasteiger partial charge in [0.15, 0.2) is 6.10 Å². The van der Waals surface area contributed by atoms with Gasteiger partial charge >= 0.3 is 6.18 Å². The van der Waals surface area contributed by atoms with Crippen LogP contribution in [0.2, 0.25) is 0 Å². The van der Waals surface area contributed by atoms with Gasteiger partial charge in [-0.05, 0) is 19.9 Å². The van der Waals surface area contributed by atoms with E-state index in [-0.39, 0.29) is 12.3 Å². The second-order valence-electron chi connectivity index (χ2n) is 4.12. The van der Waals surface area contributed by atoms with E-state index in [0.29, 0.717) is 17.8 Å². The molecule has 0 fully saturated rings. The van der Waals surface area contributed by atoms with E-state index < -0.39 is 17.2 Å². The van der Waals surface area contributed by atoms with Crippen LogP contribution in [0.4, 0.5) is 24.5 Å². The van der Waals surface area contributed by atoms with E-state index in [1.54, 1.807) is 0 Å². The van der Waals surface area contributed by atoms with Gasteiger partial charge in [-0.2, -0.15) is 13.2 Å². The molecule has 0 saturated carbocycles. The maximum Gasteiger partial charge on any atom is 0.414 e. The van der Waals surface area contributed by atoms with Gasteiger partial charge in [-0.25, -0.2) is 0 Å². The molecule has 0 aliphatic heterocycles. The highest BCUT2D eigenvalue weighted by Crippen LogP contribution is 2.27. The molecular weight excluding hydrogens is 277 g/mol. The van der Waals surface area contributed by atoms with Crippen LogP contribution in [0.25, 0.3) is 0 Å². The molecule has 0 spiro atoms. The van der Waals surface area contributed by atoms with Crippen LogP contribution < -0.4 is 5.32 Å². The summed E-state index contributed by atoms with van der Waals surface area (Å²) in [4.78, 5) is 10.1. The number of ether oxygens (including phenoxy) is 1. The smallest absolute Gasteiger partial charge is 0.385 e. The SMILES string of the molecule is CCNc1ccc([N+](=O)[O-])cc1COC(C)C(F)(F)F. The second-order valence-corrected chi connectivity index (χ2v) is 4.12. The van der Waals surface area contributed by atoms with Crippen LogP contribution >= 0.6 is 0 Å². The Balaban J connectivity index is 2.90. The van der Waals surface area contributed by atoms with Crippen LogP contribution in [-0.2, 0) is 11.3 Å². The predicted molar refractivity (Wildman–Crippen MR) is 67.6 cm³/mol. The van der Waals surface area contributed by atoms with Crippen LogP contribution in [0.5, 0.6) is 0 Å². The average molecular weight is 292 g/mol. The molecule has 1 unspecified atom stereocenters. The Morgan fingerprint density at radius 1 is 1.45 bits per heavy atom. The van der Waals surface area contributed by atoms with Crippen molar-refractivity contribution in [3.05, 3.63) is 33.9 Å². The van der Waals surface area contributed by atoms with Crippen LogP contribution in [-0.4, -0.2) is 23.7 Å². The number of nitro groups is 1. The fourth-order valence-corrected chi connectivity index (χ4v) is 1.49. The van der Waals surface area contributed by atoms with Crippen molar-refractivity contribution in [3.63, 3.8) is 0 Å². The third-order valence-electron chi connectivity index (χ3n) is 2.62. The Kier molecular flexibility index (Phi) is 5.32. The first-order chi connectivity index (χ1) is 9.25. The number of hydrogen-bond donors (Lipinski definition) is 1. The van der Waals surface area contributed by atoms with Crippen molar-refractivity contribution in [2.24, 2.45) is 0 Å². The molecule has 1 aromatic carbocycles. The van der Waals surface area contributed by atoms with Crippen molar-refractivity contribution in [1.82, 2.24) is 0 Å². The fraction of sp³-hybridized carbons (Fsp3) is 0.500. The molecule has 5 nitrogen and oxygen atoms in total. The molecule has 1 N–H and O–H groups in total. The number of hydrogen-bond acceptors (Lipinski definition) is 4. The topological polar surface area (TPSA) is 64.4 Å². The van der Waals surface area contributed by atoms with Gasteiger partial charge in [0.1, 0.15) is 0 Å². The van der Waals surface area contributed by atoms with Gasteiger partial charge in [0.2, 0.25) is 0 Å². The highest BCUT2D eigenvalue weighted by Gasteiger charge is 2.37. The Labute approximate surface area is 113 Å². The molecule has 0 saturated heterocycles. The fourth-order valence-electron chi connectivity index (χ4n) is 1.49. The summed E-state index contributed by atoms with van der Waals surface area (Å²) in [6.45, 7) is 2.89. The Morgan fingerprint density at radius 3 is 2.60 bits per heavy atom. The van der Waals surface area contributed by atoms with E-state index >= 15 is 0 Å². The largest absolute Gasteiger partial charge is 0.414 e. The third-order valence-corrected chi connectivity index (χ3v) is 2.62. The molecule has 0 bridgehead atoms. The van der Waals surface area contributed by atoms with Crippen LogP contribution in [0.15, 0.2) is 18.2 Å². The first kappa shape index (κ1) is 16.2. The first-order valence-electron chi connectivity index (χ1n) is 5.95. The summed E-state index contributed by atoms with van der Waals surface area (Å²) < 4.78 is 41.8. The number of halogens is 3. The lowest BCUT2D eigenvalue weighted by Crippen LogP contribution is -2.28. The molecule has 1 atom stereocenters. The van der Waals surface area contributed by atoms with Gasteiger partial charge in [-0.15, -0.1) is 0 Å². The van der Waals surface area contributed by atoms with Crippen molar-refractivity contribution in [3.8, 4) is 0 Å². The molecule has 0 radical (unpaired) electrons. The van der Waals surface area contributed by atoms with Crippen LogP contribution in [0.1, 0.15) is 19.4 Å². The minimum absolute atomic E-state index is 0.190. The Hall–Kier alpha value is -1.83. The van der Waals surface area contributed by atoms with Crippen molar-refractivity contribution in [1.29, 1.82) is 0 Å². The van der Waals surface area contributed by atoms with E-state index in [1.807, 2.05) is 6.92 Å². The number of nitrogens with zero attached hydrogens (tertiary/aromatic N) is 1. The van der Waals surface area contributed by atoms with E-state index in [0.717, 1.165) is 6.92 Å². The Morgan fingerprint density at radius 2 is 2.10 bits per heavy atom. The molecule has 0 aliphatic rings. The minimum atomic E-state index is -4.46. The normalized spacial score (nSPS) is 13.1. The molecule has 112 valence electrons. The Bertz CT molecular complexity index is 478. The molecule has 0 aliphatic carbocycles. The maximum atomic E-state index is 12.4. The monoisotopic (exact) mass is 292 g/mol. The lowest BCUT2D eigenvalue weighted by atomic mass is 10.1. The van der Waals surface area contributed by atoms with Gasteiger partial charge < -0.3 is 10.1 Å². The number of non-ortho nitro benzene ring substituents is 1. The van der Waals surface area contributed by atoms with Crippen LogP contribution in [0, 0.1) is 10.1 Å². The summed E-state index contributed by atoms with van der Waals surface area (Å²) in [5.74, 6) is 0. The lowest BCUT2D eigenvalue weighted by molar-refractivity contribution is -0.384. The third kappa shape index (κ3) is 4.37. The van der Waals surface area contributed by atoms with E-state index in [9.17, 15) is 23.3 Å². The molecule has 1 aromatic rings. The minimum Gasteiger partial charge on any atom is -0.385 e. The molecule has 8 heteroatoms. The molecule has 0 heterocycles.